The standard InChI is InChI=1S/C12H19NO.C9H13.CH2.Ti/c1-11-3-8-2-9(4-11)6-12(5-8,7-11)10(13)14;1-6-5-7(2)9(4)8(6)3;;/h8-9H,2-7H2,1H3,(H2,13,14);6H,1-4H3;1H2;/q;-1;;+2/p-1. The Kier molecular flexibility index (Phi) is 6.37. The molecule has 4 saturated carbocycles. The van der Waals surface area contributed by atoms with Gasteiger partial charge < -0.3 is 10.5 Å². The number of hydrogen-bond acceptors (Lipinski definition) is 1. The van der Waals surface area contributed by atoms with Crippen molar-refractivity contribution >= 4 is 10.7 Å². The van der Waals surface area contributed by atoms with Crippen LogP contribution in [-0.2, 0) is 24.8 Å². The van der Waals surface area contributed by atoms with Crippen LogP contribution in [0.25, 0.3) is 5.73 Å². The van der Waals surface area contributed by atoms with E-state index < -0.39 is 0 Å². The van der Waals surface area contributed by atoms with Gasteiger partial charge in [0.1, 0.15) is 0 Å². The molecule has 0 spiro atoms. The number of carbonyl (C=O) groups excluding carboxylic acids is 1. The Bertz CT molecular complexity index is 589. The summed E-state index contributed by atoms with van der Waals surface area (Å²) in [7, 11) is 0. The number of nitrogens with one attached hydrogen (secondary N) is 1. The number of rotatable bonds is 1. The molecule has 0 saturated heterocycles. The zero-order valence-corrected chi connectivity index (χ0v) is 18.2. The average molecular weight is 375 g/mol. The van der Waals surface area contributed by atoms with Crippen LogP contribution in [0.3, 0.4) is 0 Å². The van der Waals surface area contributed by atoms with Crippen LogP contribution in [0.2, 0.25) is 0 Å². The van der Waals surface area contributed by atoms with Crippen LogP contribution in [0.4, 0.5) is 0 Å². The third kappa shape index (κ3) is 4.11. The van der Waals surface area contributed by atoms with Gasteiger partial charge in [-0.15, -0.1) is 6.92 Å². The quantitative estimate of drug-likeness (QED) is 0.418. The molecular formula is C22H33NOTi. The molecule has 25 heavy (non-hydrogen) atoms. The summed E-state index contributed by atoms with van der Waals surface area (Å²) in [5, 5.41) is 0. The maximum atomic E-state index is 11.5. The molecule has 0 aromatic carbocycles. The number of amides is 1. The monoisotopic (exact) mass is 375 g/mol. The summed E-state index contributed by atoms with van der Waals surface area (Å²) in [6.07, 6.45) is 10.4. The molecule has 5 rings (SSSR count). The van der Waals surface area contributed by atoms with Crippen LogP contribution in [0.1, 0.15) is 73.1 Å². The molecule has 5 aliphatic carbocycles. The Morgan fingerprint density at radius 1 is 1.16 bits per heavy atom. The van der Waals surface area contributed by atoms with E-state index in [1.165, 1.54) is 36.0 Å². The molecule has 1 amide bonds. The molecule has 0 aromatic rings. The van der Waals surface area contributed by atoms with Crippen LogP contribution in [0.15, 0.2) is 16.7 Å². The summed E-state index contributed by atoms with van der Waals surface area (Å²) < 4.78 is 0. The third-order valence-corrected chi connectivity index (χ3v) is 7.07. The van der Waals surface area contributed by atoms with E-state index in [9.17, 15) is 4.79 Å². The predicted octanol–water partition coefficient (Wildman–Crippen LogP) is 5.86. The molecule has 3 atom stereocenters. The molecule has 4 bridgehead atoms. The van der Waals surface area contributed by atoms with Gasteiger partial charge in [0.2, 0.25) is 0 Å². The Labute approximate surface area is 165 Å². The molecule has 0 aromatic heterocycles. The van der Waals surface area contributed by atoms with E-state index in [4.69, 9.17) is 5.73 Å². The van der Waals surface area contributed by atoms with E-state index in [1.54, 1.807) is 20.0 Å². The number of hydrogen-bond donors (Lipinski definition) is 0. The van der Waals surface area contributed by atoms with E-state index in [2.05, 4.69) is 45.5 Å². The molecule has 2 nitrogen and oxygen atoms in total. The second-order valence-electron chi connectivity index (χ2n) is 9.18. The topological polar surface area (TPSA) is 40.9 Å². The first-order valence-electron chi connectivity index (χ1n) is 9.53. The Morgan fingerprint density at radius 2 is 1.68 bits per heavy atom. The van der Waals surface area contributed by atoms with Gasteiger partial charge in [-0.25, -0.2) is 5.57 Å². The van der Waals surface area contributed by atoms with E-state index in [1.807, 2.05) is 0 Å². The molecule has 5 aliphatic rings. The van der Waals surface area contributed by atoms with Crippen LogP contribution >= 0.6 is 0 Å². The molecule has 3 heteroatoms. The van der Waals surface area contributed by atoms with Crippen LogP contribution in [0.5, 0.6) is 0 Å². The second-order valence-corrected chi connectivity index (χ2v) is 9.18. The van der Waals surface area contributed by atoms with Crippen molar-refractivity contribution in [1.29, 1.82) is 0 Å². The number of allylic oxidation sites excluding steroid dienone is 4. The summed E-state index contributed by atoms with van der Waals surface area (Å²) in [5.74, 6) is 1.81. The van der Waals surface area contributed by atoms with Crippen LogP contribution < -0.4 is 0 Å². The zero-order valence-electron chi connectivity index (χ0n) is 16.6. The van der Waals surface area contributed by atoms with Gasteiger partial charge in [-0.05, 0) is 55.8 Å². The summed E-state index contributed by atoms with van der Waals surface area (Å²) >= 11 is 1.75. The maximum absolute atomic E-state index is 11.5. The Hall–Kier alpha value is -0.466. The molecule has 0 radical (unpaired) electrons. The summed E-state index contributed by atoms with van der Waals surface area (Å²) in [4.78, 5) is 14.8. The van der Waals surface area contributed by atoms with Gasteiger partial charge in [-0.3, -0.25) is 6.08 Å². The first-order chi connectivity index (χ1) is 11.6. The van der Waals surface area contributed by atoms with Crippen molar-refractivity contribution in [3.63, 3.8) is 0 Å². The zero-order chi connectivity index (χ0) is 19.0. The molecule has 0 aliphatic heterocycles. The van der Waals surface area contributed by atoms with Crippen molar-refractivity contribution < 1.29 is 24.8 Å². The predicted molar refractivity (Wildman–Crippen MR) is 102 cm³/mol. The van der Waals surface area contributed by atoms with Crippen molar-refractivity contribution in [3.05, 3.63) is 28.5 Å². The minimum absolute atomic E-state index is 0.209. The third-order valence-electron chi connectivity index (χ3n) is 7.07. The first-order valence-corrected chi connectivity index (χ1v) is 10.6. The van der Waals surface area contributed by atoms with Gasteiger partial charge in [-0.2, -0.15) is 11.1 Å². The van der Waals surface area contributed by atoms with Crippen LogP contribution in [-0.4, -0.2) is 10.7 Å². The van der Waals surface area contributed by atoms with Gasteiger partial charge in [0.25, 0.3) is 0 Å². The van der Waals surface area contributed by atoms with Gasteiger partial charge in [0.15, 0.2) is 0 Å². The van der Waals surface area contributed by atoms with Crippen molar-refractivity contribution in [2.45, 2.75) is 73.1 Å². The van der Waals surface area contributed by atoms with E-state index in [0.717, 1.165) is 31.1 Å². The molecular weight excluding hydrogens is 342 g/mol. The molecule has 136 valence electrons. The summed E-state index contributed by atoms with van der Waals surface area (Å²) in [5.41, 5.74) is 11.9. The van der Waals surface area contributed by atoms with Gasteiger partial charge in [0, 0.05) is 5.41 Å². The van der Waals surface area contributed by atoms with Crippen molar-refractivity contribution in [3.8, 4) is 0 Å². The molecule has 0 heterocycles. The van der Waals surface area contributed by atoms with E-state index >= 15 is 0 Å². The first kappa shape index (κ1) is 20.8. The SMILES string of the molecule is CC12CC3CC(C1)CC(C([NH-])=O)(C3)C2.CC1=[C-]C(C)C(C)=C1C.[CH2]=[Ti+2]. The van der Waals surface area contributed by atoms with E-state index in [-0.39, 0.29) is 11.3 Å². The van der Waals surface area contributed by atoms with Gasteiger partial charge >= 0.3 is 24.8 Å². The average Bonchev–Trinajstić information content (AvgIpc) is 2.74. The summed E-state index contributed by atoms with van der Waals surface area (Å²) in [6.45, 7) is 11.0. The second kappa shape index (κ2) is 7.65. The normalized spacial score (nSPS) is 40.8. The van der Waals surface area contributed by atoms with Crippen LogP contribution in [0, 0.1) is 34.7 Å². The fraction of sp³-hybridized carbons (Fsp3) is 0.727. The van der Waals surface area contributed by atoms with E-state index in [0.29, 0.717) is 11.3 Å². The minimum atomic E-state index is -0.266. The fourth-order valence-electron chi connectivity index (χ4n) is 6.15. The Balaban J connectivity index is 0.000000179. The van der Waals surface area contributed by atoms with Crippen molar-refractivity contribution in [2.75, 3.05) is 0 Å². The van der Waals surface area contributed by atoms with Gasteiger partial charge in [-0.1, -0.05) is 33.6 Å². The van der Waals surface area contributed by atoms with Crippen molar-refractivity contribution in [2.24, 2.45) is 28.6 Å². The fourth-order valence-corrected chi connectivity index (χ4v) is 6.15. The Morgan fingerprint density at radius 3 is 1.96 bits per heavy atom. The molecule has 3 unspecified atom stereocenters. The van der Waals surface area contributed by atoms with Gasteiger partial charge in [0.05, 0.1) is 5.91 Å². The summed E-state index contributed by atoms with van der Waals surface area (Å²) in [6, 6.07) is 0. The molecule has 4 fully saturated rings. The number of carbonyl (C=O) groups is 1. The van der Waals surface area contributed by atoms with Crippen molar-refractivity contribution in [1.82, 2.24) is 0 Å². The molecule has 1 N–H and O–H groups in total.